The minimum absolute atomic E-state index is 0.0256. The van der Waals surface area contributed by atoms with Crippen LogP contribution < -0.4 is 0 Å². The minimum atomic E-state index is -0.700. The Kier molecular flexibility index (Phi) is 12.0. The van der Waals surface area contributed by atoms with Gasteiger partial charge in [0.1, 0.15) is 5.60 Å². The number of hydrogen-bond acceptors (Lipinski definition) is 8. The lowest BCUT2D eigenvalue weighted by Crippen LogP contribution is -2.58. The molecule has 0 bridgehead atoms. The van der Waals surface area contributed by atoms with Crippen molar-refractivity contribution in [2.24, 2.45) is 11.8 Å². The summed E-state index contributed by atoms with van der Waals surface area (Å²) < 4.78 is 18.2. The largest absolute Gasteiger partial charge is 0.444 e. The van der Waals surface area contributed by atoms with Crippen LogP contribution in [0.4, 0.5) is 4.79 Å². The van der Waals surface area contributed by atoms with Crippen LogP contribution in [-0.2, 0) is 25.4 Å². The maximum atomic E-state index is 14.6. The Balaban J connectivity index is 1.68. The molecule has 2 aromatic rings. The van der Waals surface area contributed by atoms with Crippen LogP contribution in [0, 0.1) is 11.8 Å². The van der Waals surface area contributed by atoms with Crippen LogP contribution in [-0.4, -0.2) is 119 Å². The van der Waals surface area contributed by atoms with Gasteiger partial charge < -0.3 is 28.9 Å². The number of rotatable bonds is 11. The van der Waals surface area contributed by atoms with Gasteiger partial charge in [0.05, 0.1) is 36.6 Å². The first-order valence-corrected chi connectivity index (χ1v) is 16.1. The first kappa shape index (κ1) is 34.4. The first-order valence-electron chi connectivity index (χ1n) is 16.1. The number of ether oxygens (including phenoxy) is 3. The molecule has 0 radical (unpaired) electrons. The van der Waals surface area contributed by atoms with Crippen molar-refractivity contribution < 1.29 is 28.6 Å². The fourth-order valence-corrected chi connectivity index (χ4v) is 5.93. The number of amides is 3. The molecule has 0 spiro atoms. The van der Waals surface area contributed by atoms with Crippen molar-refractivity contribution in [1.82, 2.24) is 29.7 Å². The number of carbonyl (C=O) groups excluding carboxylic acids is 3. The van der Waals surface area contributed by atoms with Gasteiger partial charge in [-0.2, -0.15) is 0 Å². The van der Waals surface area contributed by atoms with E-state index in [4.69, 9.17) is 14.2 Å². The van der Waals surface area contributed by atoms with E-state index in [1.54, 1.807) is 21.6 Å². The number of hydrogen-bond donors (Lipinski definition) is 0. The molecule has 2 aliphatic heterocycles. The summed E-state index contributed by atoms with van der Waals surface area (Å²) in [5, 5.41) is 8.87. The highest BCUT2D eigenvalue weighted by atomic mass is 16.6. The molecule has 0 unspecified atom stereocenters. The van der Waals surface area contributed by atoms with Crippen LogP contribution in [0.2, 0.25) is 0 Å². The monoisotopic (exact) mass is 626 g/mol. The molecule has 45 heavy (non-hydrogen) atoms. The summed E-state index contributed by atoms with van der Waals surface area (Å²) in [5.41, 5.74) is 1.15. The zero-order valence-corrected chi connectivity index (χ0v) is 27.7. The number of benzene rings is 1. The van der Waals surface area contributed by atoms with E-state index in [2.05, 4.69) is 24.2 Å². The summed E-state index contributed by atoms with van der Waals surface area (Å²) in [4.78, 5) is 46.9. The lowest BCUT2D eigenvalue weighted by atomic mass is 9.91. The molecule has 12 heteroatoms. The Morgan fingerprint density at radius 3 is 2.40 bits per heavy atom. The summed E-state index contributed by atoms with van der Waals surface area (Å²) in [7, 11) is 1.68. The minimum Gasteiger partial charge on any atom is -0.444 e. The number of piperidine rings is 1. The van der Waals surface area contributed by atoms with Crippen LogP contribution in [0.15, 0.2) is 30.3 Å². The summed E-state index contributed by atoms with van der Waals surface area (Å²) in [6.07, 6.45) is 2.17. The van der Waals surface area contributed by atoms with E-state index in [0.29, 0.717) is 58.0 Å². The number of morpholine rings is 1. The molecule has 0 saturated carbocycles. The van der Waals surface area contributed by atoms with Crippen molar-refractivity contribution in [2.45, 2.75) is 71.9 Å². The molecule has 2 aliphatic rings. The third-order valence-corrected chi connectivity index (χ3v) is 7.99. The molecule has 1 aromatic carbocycles. The lowest BCUT2D eigenvalue weighted by Gasteiger charge is -2.44. The Hall–Kier alpha value is -3.51. The fourth-order valence-electron chi connectivity index (χ4n) is 5.93. The number of para-hydroxylation sites is 1. The molecule has 1 aromatic heterocycles. The number of carbonyl (C=O) groups is 3. The van der Waals surface area contributed by atoms with Crippen molar-refractivity contribution >= 4 is 17.9 Å². The molecule has 2 atom stereocenters. The summed E-state index contributed by atoms with van der Waals surface area (Å²) >= 11 is 0. The fraction of sp³-hybridized carbons (Fsp3) is 0.667. The average Bonchev–Trinajstić information content (AvgIpc) is 3.45. The predicted octanol–water partition coefficient (Wildman–Crippen LogP) is 3.82. The predicted molar refractivity (Wildman–Crippen MR) is 169 cm³/mol. The number of likely N-dealkylation sites (tertiary alicyclic amines) is 1. The van der Waals surface area contributed by atoms with Gasteiger partial charge in [-0.1, -0.05) is 37.3 Å². The maximum absolute atomic E-state index is 14.6. The van der Waals surface area contributed by atoms with Crippen molar-refractivity contribution in [3.63, 3.8) is 0 Å². The van der Waals surface area contributed by atoms with Gasteiger partial charge in [-0.3, -0.25) is 9.59 Å². The van der Waals surface area contributed by atoms with E-state index in [1.165, 1.54) is 0 Å². The van der Waals surface area contributed by atoms with Gasteiger partial charge in [0.2, 0.25) is 5.91 Å². The number of unbranched alkanes of at least 4 members (excludes halogenated alkanes) is 1. The van der Waals surface area contributed by atoms with Gasteiger partial charge >= 0.3 is 6.09 Å². The second-order valence-electron chi connectivity index (χ2n) is 13.3. The van der Waals surface area contributed by atoms with Gasteiger partial charge in [0.25, 0.3) is 5.91 Å². The van der Waals surface area contributed by atoms with Crippen LogP contribution in [0.25, 0.3) is 5.69 Å². The molecule has 3 amide bonds. The van der Waals surface area contributed by atoms with Crippen molar-refractivity contribution in [2.75, 3.05) is 59.7 Å². The third kappa shape index (κ3) is 9.26. The van der Waals surface area contributed by atoms with Gasteiger partial charge in [-0.15, -0.1) is 5.10 Å². The molecule has 4 rings (SSSR count). The molecule has 2 fully saturated rings. The van der Waals surface area contributed by atoms with E-state index < -0.39 is 23.7 Å². The van der Waals surface area contributed by atoms with E-state index in [9.17, 15) is 14.4 Å². The highest BCUT2D eigenvalue weighted by molar-refractivity contribution is 5.94. The molecule has 0 aliphatic carbocycles. The maximum Gasteiger partial charge on any atom is 0.410 e. The SMILES string of the molecule is COCCCCc1c(C(=O)N(CC(C)C)[C@H]2C[C@@H](C(=O)N3CCOCC3)CN(C(=O)OC(C)(C)C)C2)nnn1-c1ccccc1. The van der Waals surface area contributed by atoms with Crippen LogP contribution in [0.3, 0.4) is 0 Å². The molecule has 0 N–H and O–H groups in total. The molecule has 2 saturated heterocycles. The summed E-state index contributed by atoms with van der Waals surface area (Å²) in [6, 6.07) is 9.25. The van der Waals surface area contributed by atoms with Crippen LogP contribution in [0.5, 0.6) is 0 Å². The Morgan fingerprint density at radius 1 is 1.04 bits per heavy atom. The smallest absolute Gasteiger partial charge is 0.410 e. The molecule has 248 valence electrons. The first-order chi connectivity index (χ1) is 21.5. The number of nitrogens with zero attached hydrogens (tertiary/aromatic N) is 6. The Morgan fingerprint density at radius 2 is 1.76 bits per heavy atom. The van der Waals surface area contributed by atoms with Gasteiger partial charge in [-0.25, -0.2) is 9.48 Å². The highest BCUT2D eigenvalue weighted by Gasteiger charge is 2.42. The second-order valence-corrected chi connectivity index (χ2v) is 13.3. The third-order valence-electron chi connectivity index (χ3n) is 7.99. The highest BCUT2D eigenvalue weighted by Crippen LogP contribution is 2.28. The Bertz CT molecular complexity index is 1270. The standard InChI is InChI=1S/C33H50N6O6/c1-24(2)21-38(31(41)29-28(14-10-11-17-43-6)39(35-34-29)26-12-8-7-9-13-26)27-20-25(30(40)36-15-18-44-19-16-36)22-37(23-27)32(42)45-33(3,4)5/h7-9,12-13,24-25,27H,10-11,14-23H2,1-6H3/t25-,27+/m1/s1. The quantitative estimate of drug-likeness (QED) is 0.346. The van der Waals surface area contributed by atoms with E-state index in [1.807, 2.05) is 56.0 Å². The second kappa shape index (κ2) is 15.7. The molecule has 12 nitrogen and oxygen atoms in total. The van der Waals surface area contributed by atoms with E-state index >= 15 is 0 Å². The van der Waals surface area contributed by atoms with Crippen LogP contribution in [0.1, 0.15) is 70.1 Å². The molecule has 3 heterocycles. The van der Waals surface area contributed by atoms with Crippen molar-refractivity contribution in [3.8, 4) is 5.69 Å². The van der Waals surface area contributed by atoms with Gasteiger partial charge in [0.15, 0.2) is 5.69 Å². The number of methoxy groups -OCH3 is 1. The molecular formula is C33H50N6O6. The zero-order valence-electron chi connectivity index (χ0n) is 27.7. The lowest BCUT2D eigenvalue weighted by molar-refractivity contribution is -0.142. The normalized spacial score (nSPS) is 19.1. The van der Waals surface area contributed by atoms with E-state index in [0.717, 1.165) is 24.2 Å². The summed E-state index contributed by atoms with van der Waals surface area (Å²) in [6.45, 7) is 13.1. The van der Waals surface area contributed by atoms with Crippen molar-refractivity contribution in [3.05, 3.63) is 41.7 Å². The van der Waals surface area contributed by atoms with Crippen LogP contribution >= 0.6 is 0 Å². The van der Waals surface area contributed by atoms with Gasteiger partial charge in [0, 0.05) is 46.4 Å². The van der Waals surface area contributed by atoms with Gasteiger partial charge in [-0.05, 0) is 64.5 Å². The van der Waals surface area contributed by atoms with E-state index in [-0.39, 0.29) is 30.8 Å². The van der Waals surface area contributed by atoms with Crippen molar-refractivity contribution in [1.29, 1.82) is 0 Å². The number of aromatic nitrogens is 3. The summed E-state index contributed by atoms with van der Waals surface area (Å²) in [5.74, 6) is -0.623. The topological polar surface area (TPSA) is 119 Å². The Labute approximate surface area is 267 Å². The zero-order chi connectivity index (χ0) is 32.6. The average molecular weight is 627 g/mol. The molecular weight excluding hydrogens is 576 g/mol.